The molecule has 2 aromatic heterocycles. The van der Waals surface area contributed by atoms with Gasteiger partial charge in [0.1, 0.15) is 11.5 Å². The molecule has 0 bridgehead atoms. The molecule has 5 rings (SSSR count). The summed E-state index contributed by atoms with van der Waals surface area (Å²) in [6.07, 6.45) is 3.21. The molecule has 1 fully saturated rings. The number of fused-ring (bicyclic) bond motifs is 1. The lowest BCUT2D eigenvalue weighted by Gasteiger charge is -2.34. The van der Waals surface area contributed by atoms with Crippen LogP contribution in [-0.4, -0.2) is 29.0 Å². The Kier molecular flexibility index (Phi) is 5.84. The van der Waals surface area contributed by atoms with Crippen LogP contribution in [0, 0.1) is 5.92 Å². The number of benzene rings is 2. The Morgan fingerprint density at radius 1 is 1.09 bits per heavy atom. The van der Waals surface area contributed by atoms with Crippen molar-refractivity contribution in [3.63, 3.8) is 0 Å². The van der Waals surface area contributed by atoms with E-state index in [4.69, 9.17) is 11.6 Å². The standard InChI is InChI=1S/C26H23ClN4O2/c27-19-11-12-21-20(15-19)23(17-7-2-1-3-8-17)24(26(33)29-21)31-14-6-9-18(16-31)25(32)30-22-10-4-5-13-28-22/h1-5,7-8,10-13,15,18H,6,9,14,16H2,(H,29,33)(H,28,30,32)/t18-/m0/s1. The number of pyridine rings is 2. The predicted molar refractivity (Wildman–Crippen MR) is 133 cm³/mol. The van der Waals surface area contributed by atoms with Gasteiger partial charge < -0.3 is 15.2 Å². The van der Waals surface area contributed by atoms with Gasteiger partial charge >= 0.3 is 0 Å². The number of piperidine rings is 1. The largest absolute Gasteiger partial charge is 0.366 e. The highest BCUT2D eigenvalue weighted by atomic mass is 35.5. The van der Waals surface area contributed by atoms with Crippen molar-refractivity contribution >= 4 is 39.9 Å². The van der Waals surface area contributed by atoms with Crippen LogP contribution >= 0.6 is 11.6 Å². The number of hydrogen-bond donors (Lipinski definition) is 2. The summed E-state index contributed by atoms with van der Waals surface area (Å²) in [4.78, 5) is 35.5. The molecule has 0 aliphatic carbocycles. The van der Waals surface area contributed by atoms with Crippen molar-refractivity contribution in [2.75, 3.05) is 23.3 Å². The van der Waals surface area contributed by atoms with Crippen LogP contribution in [0.4, 0.5) is 11.5 Å². The Labute approximate surface area is 196 Å². The van der Waals surface area contributed by atoms with Gasteiger partial charge in [0.05, 0.1) is 5.92 Å². The molecule has 7 heteroatoms. The smallest absolute Gasteiger partial charge is 0.272 e. The van der Waals surface area contributed by atoms with Crippen molar-refractivity contribution in [1.82, 2.24) is 9.97 Å². The zero-order chi connectivity index (χ0) is 22.8. The van der Waals surface area contributed by atoms with Crippen LogP contribution in [0.15, 0.2) is 77.7 Å². The summed E-state index contributed by atoms with van der Waals surface area (Å²) in [5.74, 6) is 0.196. The summed E-state index contributed by atoms with van der Waals surface area (Å²) in [5, 5.41) is 4.38. The van der Waals surface area contributed by atoms with E-state index in [-0.39, 0.29) is 17.4 Å². The van der Waals surface area contributed by atoms with E-state index in [2.05, 4.69) is 15.3 Å². The zero-order valence-corrected chi connectivity index (χ0v) is 18.7. The van der Waals surface area contributed by atoms with Crippen molar-refractivity contribution in [1.29, 1.82) is 0 Å². The molecule has 4 aromatic rings. The minimum atomic E-state index is -0.251. The molecule has 2 N–H and O–H groups in total. The van der Waals surface area contributed by atoms with Crippen LogP contribution in [0.25, 0.3) is 22.0 Å². The molecule has 1 aliphatic heterocycles. The Morgan fingerprint density at radius 2 is 1.91 bits per heavy atom. The van der Waals surface area contributed by atoms with Crippen molar-refractivity contribution in [3.8, 4) is 11.1 Å². The molecule has 3 heterocycles. The first-order valence-corrected chi connectivity index (χ1v) is 11.4. The molecule has 2 aromatic carbocycles. The highest BCUT2D eigenvalue weighted by Crippen LogP contribution is 2.37. The normalized spacial score (nSPS) is 16.0. The highest BCUT2D eigenvalue weighted by molar-refractivity contribution is 6.31. The summed E-state index contributed by atoms with van der Waals surface area (Å²) in [6.45, 7) is 1.15. The Bertz CT molecular complexity index is 1360. The van der Waals surface area contributed by atoms with Gasteiger partial charge in [-0.05, 0) is 48.7 Å². The molecule has 33 heavy (non-hydrogen) atoms. The maximum Gasteiger partial charge on any atom is 0.272 e. The van der Waals surface area contributed by atoms with E-state index in [1.165, 1.54) is 0 Å². The van der Waals surface area contributed by atoms with Crippen LogP contribution in [0.2, 0.25) is 5.02 Å². The fourth-order valence-corrected chi connectivity index (χ4v) is 4.69. The van der Waals surface area contributed by atoms with Crippen molar-refractivity contribution < 1.29 is 4.79 Å². The third-order valence-electron chi connectivity index (χ3n) is 6.04. The first kappa shape index (κ1) is 21.2. The minimum absolute atomic E-state index is 0.0834. The topological polar surface area (TPSA) is 78.1 Å². The number of nitrogens with one attached hydrogen (secondary N) is 2. The number of amides is 1. The molecule has 1 amide bonds. The van der Waals surface area contributed by atoms with Gasteiger partial charge in [-0.25, -0.2) is 4.98 Å². The SMILES string of the molecule is O=C(Nc1ccccn1)[C@H]1CCCN(c2c(-c3ccccc3)c3cc(Cl)ccc3[nH]c2=O)C1. The molecule has 6 nitrogen and oxygen atoms in total. The number of carbonyl (C=O) groups is 1. The molecule has 1 atom stereocenters. The molecule has 166 valence electrons. The number of hydrogen-bond acceptors (Lipinski definition) is 4. The fourth-order valence-electron chi connectivity index (χ4n) is 4.51. The van der Waals surface area contributed by atoms with Crippen LogP contribution in [0.5, 0.6) is 0 Å². The predicted octanol–water partition coefficient (Wildman–Crippen LogP) is 5.10. The van der Waals surface area contributed by atoms with Gasteiger partial charge in [0.25, 0.3) is 5.56 Å². The summed E-state index contributed by atoms with van der Waals surface area (Å²) < 4.78 is 0. The third-order valence-corrected chi connectivity index (χ3v) is 6.27. The summed E-state index contributed by atoms with van der Waals surface area (Å²) >= 11 is 6.33. The van der Waals surface area contributed by atoms with Crippen LogP contribution < -0.4 is 15.8 Å². The van der Waals surface area contributed by atoms with Gasteiger partial charge in [0, 0.05) is 40.8 Å². The number of H-pyrrole nitrogens is 1. The summed E-state index contributed by atoms with van der Waals surface area (Å²) in [5.41, 5.74) is 2.91. The molecular weight excluding hydrogens is 436 g/mol. The van der Waals surface area contributed by atoms with Crippen LogP contribution in [-0.2, 0) is 4.79 Å². The van der Waals surface area contributed by atoms with E-state index in [0.29, 0.717) is 29.6 Å². The number of halogens is 1. The Balaban J connectivity index is 1.56. The average molecular weight is 459 g/mol. The Morgan fingerprint density at radius 3 is 2.70 bits per heavy atom. The number of aromatic nitrogens is 2. The van der Waals surface area contributed by atoms with Crippen molar-refractivity contribution in [3.05, 3.63) is 88.3 Å². The number of nitrogens with zero attached hydrogens (tertiary/aromatic N) is 2. The molecule has 1 saturated heterocycles. The second-order valence-corrected chi connectivity index (χ2v) is 8.66. The third kappa shape index (κ3) is 4.34. The second kappa shape index (κ2) is 9.08. The number of anilines is 2. The molecule has 0 saturated carbocycles. The lowest BCUT2D eigenvalue weighted by atomic mass is 9.94. The zero-order valence-electron chi connectivity index (χ0n) is 17.9. The van der Waals surface area contributed by atoms with Crippen molar-refractivity contribution in [2.45, 2.75) is 12.8 Å². The first-order valence-electron chi connectivity index (χ1n) is 11.0. The number of rotatable bonds is 4. The lowest BCUT2D eigenvalue weighted by molar-refractivity contribution is -0.120. The number of carbonyl (C=O) groups excluding carboxylic acids is 1. The molecule has 0 spiro atoms. The Hall–Kier alpha value is -3.64. The number of aromatic amines is 1. The summed E-state index contributed by atoms with van der Waals surface area (Å²) in [7, 11) is 0. The van der Waals surface area contributed by atoms with Gasteiger partial charge in [0.2, 0.25) is 5.91 Å². The molecule has 0 unspecified atom stereocenters. The average Bonchev–Trinajstić information content (AvgIpc) is 2.85. The quantitative estimate of drug-likeness (QED) is 0.446. The van der Waals surface area contributed by atoms with Gasteiger partial charge in [-0.1, -0.05) is 48.0 Å². The van der Waals surface area contributed by atoms with E-state index in [1.807, 2.05) is 53.4 Å². The maximum atomic E-state index is 13.3. The summed E-state index contributed by atoms with van der Waals surface area (Å²) in [6, 6.07) is 20.7. The minimum Gasteiger partial charge on any atom is -0.366 e. The van der Waals surface area contributed by atoms with E-state index in [9.17, 15) is 9.59 Å². The van der Waals surface area contributed by atoms with Crippen LogP contribution in [0.3, 0.4) is 0 Å². The van der Waals surface area contributed by atoms with Crippen molar-refractivity contribution in [2.24, 2.45) is 5.92 Å². The highest BCUT2D eigenvalue weighted by Gasteiger charge is 2.29. The second-order valence-electron chi connectivity index (χ2n) is 8.22. The van der Waals surface area contributed by atoms with E-state index >= 15 is 0 Å². The molecule has 0 radical (unpaired) electrons. The van der Waals surface area contributed by atoms with Crippen LogP contribution in [0.1, 0.15) is 12.8 Å². The van der Waals surface area contributed by atoms with E-state index < -0.39 is 0 Å². The molecular formula is C26H23ClN4O2. The maximum absolute atomic E-state index is 13.3. The van der Waals surface area contributed by atoms with Gasteiger partial charge in [-0.15, -0.1) is 0 Å². The fraction of sp³-hybridized carbons (Fsp3) is 0.192. The van der Waals surface area contributed by atoms with E-state index in [1.54, 1.807) is 24.4 Å². The first-order chi connectivity index (χ1) is 16.1. The lowest BCUT2D eigenvalue weighted by Crippen LogP contribution is -2.43. The van der Waals surface area contributed by atoms with Gasteiger partial charge in [-0.2, -0.15) is 0 Å². The molecule has 1 aliphatic rings. The van der Waals surface area contributed by atoms with E-state index in [0.717, 1.165) is 34.9 Å². The van der Waals surface area contributed by atoms with Gasteiger partial charge in [-0.3, -0.25) is 9.59 Å². The van der Waals surface area contributed by atoms with Gasteiger partial charge in [0.15, 0.2) is 0 Å². The monoisotopic (exact) mass is 458 g/mol.